The summed E-state index contributed by atoms with van der Waals surface area (Å²) in [6, 6.07) is 0. The van der Waals surface area contributed by atoms with E-state index in [1.807, 2.05) is 0 Å². The lowest BCUT2D eigenvalue weighted by molar-refractivity contribution is -1.07. The van der Waals surface area contributed by atoms with Gasteiger partial charge in [-0.3, -0.25) is 4.55 Å². The largest absolute Gasteiger partial charge is 0.550 e. The molecule has 0 atom stereocenters. The number of aliphatic carboxylic acids is 2. The maximum Gasteiger partial charge on any atom is 0.261 e. The molecule has 0 aromatic rings. The van der Waals surface area contributed by atoms with E-state index in [0.717, 1.165) is 6.92 Å². The van der Waals surface area contributed by atoms with Gasteiger partial charge in [0.1, 0.15) is 13.1 Å². The quantitative estimate of drug-likeness (QED) is 0.159. The number of hydroxylamine groups is 6. The summed E-state index contributed by atoms with van der Waals surface area (Å²) in [5, 5.41) is 52.2. The Labute approximate surface area is 166 Å². The van der Waals surface area contributed by atoms with Gasteiger partial charge < -0.3 is 30.0 Å². The molecule has 0 radical (unpaired) electrons. The zero-order valence-electron chi connectivity index (χ0n) is 17.5. The average Bonchev–Trinajstić information content (AvgIpc) is 2.34. The van der Waals surface area contributed by atoms with Gasteiger partial charge in [0.05, 0.1) is 47.7 Å². The zero-order chi connectivity index (χ0) is 24.2. The van der Waals surface area contributed by atoms with Crippen molar-refractivity contribution >= 4 is 22.1 Å². The topological polar surface area (TPSA) is 216 Å². The van der Waals surface area contributed by atoms with Crippen molar-refractivity contribution in [3.63, 3.8) is 0 Å². The highest BCUT2D eigenvalue weighted by Gasteiger charge is 2.07. The van der Waals surface area contributed by atoms with Crippen LogP contribution in [0.2, 0.25) is 0 Å². The van der Waals surface area contributed by atoms with Crippen molar-refractivity contribution in [1.29, 1.82) is 0 Å². The lowest BCUT2D eigenvalue weighted by atomic mass is 10.5. The Hall–Kier alpha value is -1.39. The van der Waals surface area contributed by atoms with E-state index in [2.05, 4.69) is 0 Å². The predicted molar refractivity (Wildman–Crippen MR) is 95.1 cm³/mol. The van der Waals surface area contributed by atoms with Crippen molar-refractivity contribution in [3.8, 4) is 0 Å². The minimum atomic E-state index is -3.67. The Kier molecular flexibility index (Phi) is 27.2. The van der Waals surface area contributed by atoms with Crippen LogP contribution in [0.3, 0.4) is 0 Å². The second-order valence-corrected chi connectivity index (χ2v) is 7.55. The number of aliphatic hydroxyl groups excluding tert-OH is 2. The van der Waals surface area contributed by atoms with Gasteiger partial charge in [-0.15, -0.1) is 0 Å². The Bertz CT molecular complexity index is 441. The van der Waals surface area contributed by atoms with Crippen molar-refractivity contribution < 1.29 is 62.7 Å². The second kappa shape index (κ2) is 20.3. The minimum Gasteiger partial charge on any atom is -0.550 e. The Morgan fingerprint density at radius 1 is 0.893 bits per heavy atom. The van der Waals surface area contributed by atoms with E-state index in [0.29, 0.717) is 19.3 Å². The van der Waals surface area contributed by atoms with Gasteiger partial charge in [0.2, 0.25) is 0 Å². The summed E-state index contributed by atoms with van der Waals surface area (Å²) < 4.78 is 25.6. The molecule has 0 rings (SSSR count). The second-order valence-electron chi connectivity index (χ2n) is 6.09. The maximum absolute atomic E-state index is 9.26. The molecule has 13 nitrogen and oxygen atoms in total. The molecule has 0 saturated carbocycles. The molecule has 0 aliphatic carbocycles. The number of carbonyl (C=O) groups excluding carboxylic acids is 2. The van der Waals surface area contributed by atoms with E-state index in [9.17, 15) is 18.3 Å². The van der Waals surface area contributed by atoms with Gasteiger partial charge >= 0.3 is 0 Å². The smallest absolute Gasteiger partial charge is 0.261 e. The average molecular weight is 441 g/mol. The number of aliphatic hydroxyl groups is 2. The number of carboxylic acids is 2. The van der Waals surface area contributed by atoms with E-state index in [-0.39, 0.29) is 28.9 Å². The molecule has 0 aromatic carbocycles. The summed E-state index contributed by atoms with van der Waals surface area (Å²) in [4.78, 5) is 18.1. The summed E-state index contributed by atoms with van der Waals surface area (Å²) in [6.07, 6.45) is 0.826. The predicted octanol–water partition coefficient (Wildman–Crippen LogP) is -3.70. The first-order valence-corrected chi connectivity index (χ1v) is 9.60. The van der Waals surface area contributed by atoms with Crippen molar-refractivity contribution in [2.45, 2.75) is 20.3 Å². The van der Waals surface area contributed by atoms with Crippen LogP contribution in [-0.4, -0.2) is 116 Å². The number of carbonyl (C=O) groups is 2. The van der Waals surface area contributed by atoms with E-state index < -0.39 is 22.1 Å². The number of hydrogen-bond donors (Lipinski definition) is 5. The molecule has 0 saturated heterocycles. The summed E-state index contributed by atoms with van der Waals surface area (Å²) in [5.74, 6) is -2.08. The molecule has 0 bridgehead atoms. The van der Waals surface area contributed by atoms with Crippen LogP contribution in [0.25, 0.3) is 0 Å². The number of rotatable bonds is 5. The molecule has 0 heterocycles. The number of hydrogen-bond acceptors (Lipinski definition) is 10. The van der Waals surface area contributed by atoms with Crippen molar-refractivity contribution in [2.75, 3.05) is 60.7 Å². The van der Waals surface area contributed by atoms with Crippen LogP contribution in [0.1, 0.15) is 20.3 Å². The zero-order valence-corrected chi connectivity index (χ0v) is 18.3. The lowest BCUT2D eigenvalue weighted by Gasteiger charge is -2.17. The molecular weight excluding hydrogens is 404 g/mol. The van der Waals surface area contributed by atoms with Crippen molar-refractivity contribution in [2.24, 2.45) is 0 Å². The summed E-state index contributed by atoms with van der Waals surface area (Å²) in [7, 11) is 2.76. The van der Waals surface area contributed by atoms with Crippen molar-refractivity contribution in [3.05, 3.63) is 0 Å². The van der Waals surface area contributed by atoms with Crippen LogP contribution in [0.5, 0.6) is 0 Å². The monoisotopic (exact) mass is 440 g/mol. The summed E-state index contributed by atoms with van der Waals surface area (Å²) in [5.41, 5.74) is 0. The van der Waals surface area contributed by atoms with Gasteiger partial charge in [0, 0.05) is 11.9 Å². The standard InChI is InChI=1S/2C4H12NO2.C3H6O2.C2H4O2.CH4O3S/c2*1-5(2,7)3-4-6;1-2-3(4)5;1-2(3)4;1-5(2,3)4/h2*6-7H,3-4H2,1-2H3;2H2,1H3,(H,4,5);1H3,(H,3,4);1H3,(H,2,3,4)/q2*+1;;;/p-2. The first-order chi connectivity index (χ1) is 12.1. The fourth-order valence-electron chi connectivity index (χ4n) is 0.489. The fourth-order valence-corrected chi connectivity index (χ4v) is 0.489. The van der Waals surface area contributed by atoms with Gasteiger partial charge in [-0.05, 0) is 13.3 Å². The third-order valence-corrected chi connectivity index (χ3v) is 1.58. The first-order valence-electron chi connectivity index (χ1n) is 7.76. The SMILES string of the molecule is CC(=O)[O-].CCC(=O)[O-].CS(=O)(=O)O.C[N+](C)(O)CCO.C[N+](C)(O)CCO. The number of nitrogens with zero attached hydrogens (tertiary/aromatic N) is 2. The van der Waals surface area contributed by atoms with E-state index >= 15 is 0 Å². The van der Waals surface area contributed by atoms with Crippen LogP contribution in [0.4, 0.5) is 0 Å². The minimum absolute atomic E-state index is 0.0312. The van der Waals surface area contributed by atoms with Crippen LogP contribution >= 0.6 is 0 Å². The molecule has 14 heteroatoms. The Morgan fingerprint density at radius 3 is 1.04 bits per heavy atom. The van der Waals surface area contributed by atoms with Gasteiger partial charge in [-0.1, -0.05) is 6.92 Å². The highest BCUT2D eigenvalue weighted by molar-refractivity contribution is 7.85. The van der Waals surface area contributed by atoms with E-state index in [1.54, 1.807) is 28.2 Å². The summed E-state index contributed by atoms with van der Waals surface area (Å²) in [6.45, 7) is 3.35. The lowest BCUT2D eigenvalue weighted by Crippen LogP contribution is -2.37. The van der Waals surface area contributed by atoms with Crippen LogP contribution in [0.15, 0.2) is 0 Å². The third-order valence-electron chi connectivity index (χ3n) is 1.58. The molecule has 0 fully saturated rings. The number of likely N-dealkylation sites (N-methyl/N-ethyl adjacent to an activating group) is 2. The Morgan fingerprint density at radius 2 is 1.04 bits per heavy atom. The molecule has 0 aliphatic heterocycles. The van der Waals surface area contributed by atoms with Crippen molar-refractivity contribution in [1.82, 2.24) is 0 Å². The Balaban J connectivity index is -0.0000000801. The summed E-state index contributed by atoms with van der Waals surface area (Å²) >= 11 is 0. The molecular formula is C14H36N2O11S. The third kappa shape index (κ3) is 185. The maximum atomic E-state index is 9.26. The van der Waals surface area contributed by atoms with Gasteiger partial charge in [-0.25, -0.2) is 10.4 Å². The highest BCUT2D eigenvalue weighted by atomic mass is 32.2. The molecule has 5 N–H and O–H groups in total. The molecule has 0 aromatic heterocycles. The highest BCUT2D eigenvalue weighted by Crippen LogP contribution is 1.84. The normalized spacial score (nSPS) is 10.3. The van der Waals surface area contributed by atoms with Crippen LogP contribution in [0, 0.1) is 0 Å². The number of quaternary nitrogens is 2. The van der Waals surface area contributed by atoms with Crippen LogP contribution < -0.4 is 10.2 Å². The molecule has 174 valence electrons. The van der Waals surface area contributed by atoms with Gasteiger partial charge in [0.15, 0.2) is 0 Å². The fraction of sp³-hybridized carbons (Fsp3) is 0.857. The van der Waals surface area contributed by atoms with Gasteiger partial charge in [0.25, 0.3) is 10.1 Å². The molecule has 0 spiro atoms. The molecule has 0 amide bonds. The molecule has 0 aliphatic rings. The molecule has 28 heavy (non-hydrogen) atoms. The van der Waals surface area contributed by atoms with E-state index in [1.165, 1.54) is 6.92 Å². The van der Waals surface area contributed by atoms with Gasteiger partial charge in [-0.2, -0.15) is 17.7 Å². The number of carboxylic acid groups (broad SMARTS) is 2. The molecule has 0 unspecified atom stereocenters. The van der Waals surface area contributed by atoms with E-state index in [4.69, 9.17) is 35.1 Å². The first kappa shape index (κ1) is 37.4. The van der Waals surface area contributed by atoms with Crippen LogP contribution in [-0.2, 0) is 19.7 Å².